The topological polar surface area (TPSA) is 76.1 Å². The highest BCUT2D eigenvalue weighted by molar-refractivity contribution is 6.51. The lowest BCUT2D eigenvalue weighted by molar-refractivity contribution is -0.132. The van der Waals surface area contributed by atoms with Crippen LogP contribution in [0.2, 0.25) is 5.02 Å². The maximum Gasteiger partial charge on any atom is 0.300 e. The number of aliphatic hydroxyl groups excluding tert-OH is 1. The van der Waals surface area contributed by atoms with E-state index in [1.54, 1.807) is 42.5 Å². The largest absolute Gasteiger partial charge is 0.507 e. The minimum absolute atomic E-state index is 0.00806. The van der Waals surface area contributed by atoms with Gasteiger partial charge in [0.1, 0.15) is 5.76 Å². The number of carbonyl (C=O) groups excluding carboxylic acids is 2. The first kappa shape index (κ1) is 23.4. The summed E-state index contributed by atoms with van der Waals surface area (Å²) in [6.45, 7) is 2.05. The van der Waals surface area contributed by atoms with Gasteiger partial charge in [-0.2, -0.15) is 0 Å². The van der Waals surface area contributed by atoms with E-state index in [0.29, 0.717) is 33.3 Å². The molecule has 3 aromatic rings. The minimum atomic E-state index is -0.844. The number of hydrogen-bond acceptors (Lipinski definition) is 5. The number of nitrogens with zero attached hydrogens (tertiary/aromatic N) is 1. The van der Waals surface area contributed by atoms with E-state index in [4.69, 9.17) is 21.1 Å². The number of Topliss-reactive ketones (excluding diaryl/α,β-unsaturated/α-hetero) is 1. The number of ketones is 1. The zero-order chi connectivity index (χ0) is 24.4. The van der Waals surface area contributed by atoms with Crippen LogP contribution in [0.4, 0.5) is 5.69 Å². The van der Waals surface area contributed by atoms with Crippen LogP contribution in [-0.2, 0) is 16.0 Å². The first-order valence-electron chi connectivity index (χ1n) is 10.8. The third-order valence-corrected chi connectivity index (χ3v) is 6.13. The van der Waals surface area contributed by atoms with Crippen molar-refractivity contribution in [1.82, 2.24) is 0 Å². The summed E-state index contributed by atoms with van der Waals surface area (Å²) in [5, 5.41) is 11.6. The zero-order valence-electron chi connectivity index (χ0n) is 19.0. The number of amides is 1. The molecule has 0 saturated carbocycles. The lowest BCUT2D eigenvalue weighted by Crippen LogP contribution is -2.29. The third-order valence-electron chi connectivity index (χ3n) is 5.89. The number of methoxy groups -OCH3 is 2. The second-order valence-corrected chi connectivity index (χ2v) is 8.25. The van der Waals surface area contributed by atoms with Gasteiger partial charge in [0.05, 0.1) is 25.8 Å². The Hall–Kier alpha value is -3.77. The van der Waals surface area contributed by atoms with Gasteiger partial charge in [0.25, 0.3) is 11.7 Å². The summed E-state index contributed by atoms with van der Waals surface area (Å²) in [5.74, 6) is -0.909. The molecule has 1 unspecified atom stereocenters. The first-order valence-corrected chi connectivity index (χ1v) is 11.1. The van der Waals surface area contributed by atoms with Crippen molar-refractivity contribution in [3.63, 3.8) is 0 Å². The molecule has 4 rings (SSSR count). The number of aryl methyl sites for hydroxylation is 1. The van der Waals surface area contributed by atoms with Crippen molar-refractivity contribution in [3.05, 3.63) is 94.0 Å². The van der Waals surface area contributed by atoms with Gasteiger partial charge in [-0.3, -0.25) is 14.5 Å². The molecule has 1 aliphatic heterocycles. The molecular weight excluding hydrogens is 454 g/mol. The number of hydrogen-bond donors (Lipinski definition) is 1. The number of halogens is 1. The fourth-order valence-electron chi connectivity index (χ4n) is 4.12. The van der Waals surface area contributed by atoms with E-state index in [-0.39, 0.29) is 11.3 Å². The Balaban J connectivity index is 1.94. The Labute approximate surface area is 203 Å². The predicted octanol–water partition coefficient (Wildman–Crippen LogP) is 5.55. The zero-order valence-corrected chi connectivity index (χ0v) is 19.8. The molecule has 6 nitrogen and oxygen atoms in total. The molecule has 174 valence electrons. The smallest absolute Gasteiger partial charge is 0.300 e. The van der Waals surface area contributed by atoms with Crippen LogP contribution in [0.25, 0.3) is 5.76 Å². The van der Waals surface area contributed by atoms with Crippen molar-refractivity contribution in [2.75, 3.05) is 19.1 Å². The molecule has 1 amide bonds. The van der Waals surface area contributed by atoms with Gasteiger partial charge in [-0.05, 0) is 41.8 Å². The van der Waals surface area contributed by atoms with Gasteiger partial charge < -0.3 is 14.6 Å². The first-order chi connectivity index (χ1) is 16.4. The van der Waals surface area contributed by atoms with Crippen LogP contribution >= 0.6 is 11.6 Å². The van der Waals surface area contributed by atoms with Gasteiger partial charge in [-0.15, -0.1) is 0 Å². The monoisotopic (exact) mass is 477 g/mol. The number of benzene rings is 3. The Morgan fingerprint density at radius 3 is 2.29 bits per heavy atom. The van der Waals surface area contributed by atoms with Crippen LogP contribution in [0.5, 0.6) is 11.5 Å². The van der Waals surface area contributed by atoms with Crippen LogP contribution in [-0.4, -0.2) is 31.0 Å². The average Bonchev–Trinajstić information content (AvgIpc) is 3.13. The van der Waals surface area contributed by atoms with E-state index >= 15 is 0 Å². The van der Waals surface area contributed by atoms with Gasteiger partial charge >= 0.3 is 0 Å². The van der Waals surface area contributed by atoms with Crippen LogP contribution in [0.3, 0.4) is 0 Å². The molecule has 1 N–H and O–H groups in total. The Bertz CT molecular complexity index is 1280. The third kappa shape index (κ3) is 4.13. The number of rotatable bonds is 6. The van der Waals surface area contributed by atoms with Crippen LogP contribution in [0.1, 0.15) is 29.7 Å². The molecule has 1 heterocycles. The molecule has 1 fully saturated rings. The van der Waals surface area contributed by atoms with Gasteiger partial charge in [0.15, 0.2) is 11.5 Å². The summed E-state index contributed by atoms with van der Waals surface area (Å²) < 4.78 is 10.7. The molecular formula is C27H24ClNO5. The van der Waals surface area contributed by atoms with Crippen LogP contribution in [0, 0.1) is 0 Å². The summed E-state index contributed by atoms with van der Waals surface area (Å²) in [7, 11) is 3.01. The van der Waals surface area contributed by atoms with Gasteiger partial charge in [0.2, 0.25) is 0 Å². The lowest BCUT2D eigenvalue weighted by atomic mass is 9.94. The fourth-order valence-corrected chi connectivity index (χ4v) is 4.31. The van der Waals surface area contributed by atoms with Crippen molar-refractivity contribution in [3.8, 4) is 11.5 Å². The van der Waals surface area contributed by atoms with E-state index in [9.17, 15) is 14.7 Å². The predicted molar refractivity (Wildman–Crippen MR) is 132 cm³/mol. The molecule has 7 heteroatoms. The van der Waals surface area contributed by atoms with E-state index in [0.717, 1.165) is 12.0 Å². The van der Waals surface area contributed by atoms with Gasteiger partial charge in [-0.1, -0.05) is 54.9 Å². The Morgan fingerprint density at radius 1 is 0.971 bits per heavy atom. The molecule has 0 spiro atoms. The summed E-state index contributed by atoms with van der Waals surface area (Å²) in [4.78, 5) is 28.0. The highest BCUT2D eigenvalue weighted by Crippen LogP contribution is 2.44. The molecule has 0 bridgehead atoms. The van der Waals surface area contributed by atoms with Crippen molar-refractivity contribution in [1.29, 1.82) is 0 Å². The summed E-state index contributed by atoms with van der Waals surface area (Å²) in [6.07, 6.45) is 0.846. The molecule has 1 atom stereocenters. The Morgan fingerprint density at radius 2 is 1.68 bits per heavy atom. The van der Waals surface area contributed by atoms with Crippen molar-refractivity contribution in [2.24, 2.45) is 0 Å². The quantitative estimate of drug-likeness (QED) is 0.286. The molecule has 1 saturated heterocycles. The molecule has 1 aliphatic rings. The van der Waals surface area contributed by atoms with E-state index < -0.39 is 17.7 Å². The van der Waals surface area contributed by atoms with E-state index in [1.165, 1.54) is 19.1 Å². The second kappa shape index (κ2) is 9.61. The maximum absolute atomic E-state index is 13.3. The van der Waals surface area contributed by atoms with Crippen molar-refractivity contribution in [2.45, 2.75) is 19.4 Å². The molecule has 34 heavy (non-hydrogen) atoms. The normalized spacial score (nSPS) is 17.2. The van der Waals surface area contributed by atoms with E-state index in [1.807, 2.05) is 31.2 Å². The summed E-state index contributed by atoms with van der Waals surface area (Å²) in [5.41, 5.74) is 2.59. The fraction of sp³-hybridized carbons (Fsp3) is 0.185. The van der Waals surface area contributed by atoms with E-state index in [2.05, 4.69) is 0 Å². The number of aliphatic hydroxyl groups is 1. The van der Waals surface area contributed by atoms with Crippen LogP contribution in [0.15, 0.2) is 72.3 Å². The maximum atomic E-state index is 13.3. The Kier molecular flexibility index (Phi) is 6.61. The highest BCUT2D eigenvalue weighted by Gasteiger charge is 2.47. The van der Waals surface area contributed by atoms with Crippen molar-refractivity contribution < 1.29 is 24.2 Å². The lowest BCUT2D eigenvalue weighted by Gasteiger charge is -2.26. The van der Waals surface area contributed by atoms with Crippen LogP contribution < -0.4 is 14.4 Å². The summed E-state index contributed by atoms with van der Waals surface area (Å²) >= 11 is 6.11. The van der Waals surface area contributed by atoms with Crippen molar-refractivity contribution >= 4 is 34.7 Å². The van der Waals surface area contributed by atoms with Gasteiger partial charge in [0, 0.05) is 22.3 Å². The number of carbonyl (C=O) groups is 2. The molecule has 0 aromatic heterocycles. The number of ether oxygens (including phenoxy) is 2. The molecule has 3 aromatic carbocycles. The average molecular weight is 478 g/mol. The molecule has 0 aliphatic carbocycles. The standard InChI is InChI=1S/C27H24ClNO5/c1-4-16-8-10-17(11-9-16)24-23(25(30)18-6-5-7-19(28)14-18)26(31)27(32)29(24)20-12-13-21(33-2)22(15-20)34-3/h5-15,24,30H,4H2,1-3H3/b25-23+. The van der Waals surface area contributed by atoms with Gasteiger partial charge in [-0.25, -0.2) is 0 Å². The second-order valence-electron chi connectivity index (χ2n) is 7.81. The SMILES string of the molecule is CCc1ccc(C2/C(=C(\O)c3cccc(Cl)c3)C(=O)C(=O)N2c2ccc(OC)c(OC)c2)cc1. The number of anilines is 1. The molecule has 0 radical (unpaired) electrons. The summed E-state index contributed by atoms with van der Waals surface area (Å²) in [6, 6.07) is 18.3. The minimum Gasteiger partial charge on any atom is -0.507 e. The highest BCUT2D eigenvalue weighted by atomic mass is 35.5.